The second-order valence-corrected chi connectivity index (χ2v) is 3.18. The van der Waals surface area contributed by atoms with Crippen LogP contribution in [0.2, 0.25) is 0 Å². The van der Waals surface area contributed by atoms with E-state index in [0.29, 0.717) is 5.58 Å². The minimum absolute atomic E-state index is 0.386. The minimum atomic E-state index is -0.551. The average Bonchev–Trinajstić information content (AvgIpc) is 2.42. The Kier molecular flexibility index (Phi) is 1.90. The van der Waals surface area contributed by atoms with Crippen molar-refractivity contribution < 1.29 is 4.42 Å². The lowest BCUT2D eigenvalue weighted by molar-refractivity contribution is 0.527. The Hall–Kier alpha value is -1.59. The molecule has 0 radical (unpaired) electrons. The van der Waals surface area contributed by atoms with Crippen LogP contribution in [0.5, 0.6) is 0 Å². The van der Waals surface area contributed by atoms with E-state index >= 15 is 0 Å². The van der Waals surface area contributed by atoms with Gasteiger partial charge >= 0.3 is 5.76 Å². The molecule has 1 aromatic heterocycles. The summed E-state index contributed by atoms with van der Waals surface area (Å²) < 4.78 is 6.42. The van der Waals surface area contributed by atoms with Crippen molar-refractivity contribution in [1.82, 2.24) is 4.57 Å². The average molecular weight is 193 g/mol. The molecule has 5 nitrogen and oxygen atoms in total. The van der Waals surface area contributed by atoms with E-state index in [2.05, 4.69) is 0 Å². The van der Waals surface area contributed by atoms with Crippen LogP contribution in [0.15, 0.2) is 27.4 Å². The van der Waals surface area contributed by atoms with Crippen molar-refractivity contribution in [3.05, 3.63) is 34.3 Å². The standard InChI is InChI=1S/C9H11N3O2/c1-12-6-3-2-5(8(10)11)4-7(6)14-9(12)13/h2-4,8H,10-11H2,1H3. The first-order valence-electron chi connectivity index (χ1n) is 4.20. The summed E-state index contributed by atoms with van der Waals surface area (Å²) in [6.07, 6.45) is -0.551. The van der Waals surface area contributed by atoms with Crippen LogP contribution in [0.1, 0.15) is 11.7 Å². The van der Waals surface area contributed by atoms with E-state index in [-0.39, 0.29) is 5.76 Å². The van der Waals surface area contributed by atoms with Crippen LogP contribution in [0, 0.1) is 0 Å². The summed E-state index contributed by atoms with van der Waals surface area (Å²) in [6, 6.07) is 5.23. The quantitative estimate of drug-likeness (QED) is 0.626. The van der Waals surface area contributed by atoms with E-state index in [4.69, 9.17) is 15.9 Å². The lowest BCUT2D eigenvalue weighted by Gasteiger charge is -2.03. The van der Waals surface area contributed by atoms with Gasteiger partial charge in [0.15, 0.2) is 5.58 Å². The Bertz CT molecular complexity index is 524. The number of nitrogens with zero attached hydrogens (tertiary/aromatic N) is 1. The van der Waals surface area contributed by atoms with Gasteiger partial charge in [0.25, 0.3) is 0 Å². The third-order valence-electron chi connectivity index (χ3n) is 2.20. The van der Waals surface area contributed by atoms with Gasteiger partial charge in [-0.25, -0.2) is 4.79 Å². The van der Waals surface area contributed by atoms with Crippen LogP contribution in [0.25, 0.3) is 11.1 Å². The van der Waals surface area contributed by atoms with Crippen LogP contribution in [-0.4, -0.2) is 4.57 Å². The van der Waals surface area contributed by atoms with Gasteiger partial charge in [0.1, 0.15) is 0 Å². The second-order valence-electron chi connectivity index (χ2n) is 3.18. The molecular formula is C9H11N3O2. The van der Waals surface area contributed by atoms with Crippen molar-refractivity contribution in [2.75, 3.05) is 0 Å². The summed E-state index contributed by atoms with van der Waals surface area (Å²) in [5.74, 6) is -0.386. The zero-order valence-electron chi connectivity index (χ0n) is 7.73. The molecule has 2 aromatic rings. The summed E-state index contributed by atoms with van der Waals surface area (Å²) in [6.45, 7) is 0. The summed E-state index contributed by atoms with van der Waals surface area (Å²) in [4.78, 5) is 11.2. The van der Waals surface area contributed by atoms with Gasteiger partial charge in [0, 0.05) is 7.05 Å². The molecule has 1 heterocycles. The van der Waals surface area contributed by atoms with Crippen molar-refractivity contribution in [1.29, 1.82) is 0 Å². The Balaban J connectivity index is 2.73. The summed E-state index contributed by atoms with van der Waals surface area (Å²) in [5.41, 5.74) is 13.0. The number of rotatable bonds is 1. The maximum absolute atomic E-state index is 11.2. The number of fused-ring (bicyclic) bond motifs is 1. The summed E-state index contributed by atoms with van der Waals surface area (Å²) in [7, 11) is 1.65. The molecule has 0 amide bonds. The topological polar surface area (TPSA) is 87.2 Å². The smallest absolute Gasteiger partial charge is 0.408 e. The Labute approximate surface area is 79.9 Å². The maximum Gasteiger partial charge on any atom is 0.419 e. The highest BCUT2D eigenvalue weighted by Gasteiger charge is 2.07. The van der Waals surface area contributed by atoms with E-state index in [1.807, 2.05) is 0 Å². The van der Waals surface area contributed by atoms with Crippen LogP contribution in [0.4, 0.5) is 0 Å². The fraction of sp³-hybridized carbons (Fsp3) is 0.222. The van der Waals surface area contributed by atoms with E-state index < -0.39 is 6.17 Å². The number of aromatic nitrogens is 1. The van der Waals surface area contributed by atoms with Crippen molar-refractivity contribution >= 4 is 11.1 Å². The molecule has 0 saturated carbocycles. The molecule has 4 N–H and O–H groups in total. The number of aryl methyl sites for hydroxylation is 1. The molecule has 0 saturated heterocycles. The largest absolute Gasteiger partial charge is 0.419 e. The monoisotopic (exact) mass is 193 g/mol. The van der Waals surface area contributed by atoms with Gasteiger partial charge in [-0.2, -0.15) is 0 Å². The first-order chi connectivity index (χ1) is 6.59. The predicted molar refractivity (Wildman–Crippen MR) is 52.6 cm³/mol. The molecule has 0 bridgehead atoms. The van der Waals surface area contributed by atoms with Crippen LogP contribution < -0.4 is 17.2 Å². The highest BCUT2D eigenvalue weighted by molar-refractivity contribution is 5.73. The van der Waals surface area contributed by atoms with Gasteiger partial charge < -0.3 is 15.9 Å². The van der Waals surface area contributed by atoms with Gasteiger partial charge in [0.05, 0.1) is 11.7 Å². The van der Waals surface area contributed by atoms with Gasteiger partial charge in [-0.3, -0.25) is 4.57 Å². The molecule has 74 valence electrons. The van der Waals surface area contributed by atoms with Crippen LogP contribution in [0.3, 0.4) is 0 Å². The van der Waals surface area contributed by atoms with E-state index in [1.165, 1.54) is 4.57 Å². The molecule has 1 aromatic carbocycles. The number of hydrogen-bond acceptors (Lipinski definition) is 4. The van der Waals surface area contributed by atoms with Gasteiger partial charge in [-0.1, -0.05) is 6.07 Å². The van der Waals surface area contributed by atoms with Gasteiger partial charge in [0.2, 0.25) is 0 Å². The van der Waals surface area contributed by atoms with E-state index in [1.54, 1.807) is 25.2 Å². The highest BCUT2D eigenvalue weighted by atomic mass is 16.4. The molecule has 2 rings (SSSR count). The lowest BCUT2D eigenvalue weighted by Crippen LogP contribution is -2.19. The van der Waals surface area contributed by atoms with Crippen LogP contribution >= 0.6 is 0 Å². The van der Waals surface area contributed by atoms with Crippen molar-refractivity contribution in [2.45, 2.75) is 6.17 Å². The number of nitrogens with two attached hydrogens (primary N) is 2. The first kappa shape index (κ1) is 8.98. The van der Waals surface area contributed by atoms with Gasteiger partial charge in [-0.15, -0.1) is 0 Å². The fourth-order valence-electron chi connectivity index (χ4n) is 1.36. The molecular weight excluding hydrogens is 182 g/mol. The molecule has 0 unspecified atom stereocenters. The highest BCUT2D eigenvalue weighted by Crippen LogP contribution is 2.15. The van der Waals surface area contributed by atoms with Crippen molar-refractivity contribution in [3.8, 4) is 0 Å². The summed E-state index contributed by atoms with van der Waals surface area (Å²) >= 11 is 0. The molecule has 0 spiro atoms. The SMILES string of the molecule is Cn1c(=O)oc2cc(C(N)N)ccc21. The molecule has 5 heteroatoms. The summed E-state index contributed by atoms with van der Waals surface area (Å²) in [5, 5.41) is 0. The number of oxazole rings is 1. The van der Waals surface area contributed by atoms with Crippen LogP contribution in [-0.2, 0) is 7.05 Å². The molecule has 0 aliphatic heterocycles. The Morgan fingerprint density at radius 2 is 2.14 bits per heavy atom. The normalized spacial score (nSPS) is 11.4. The van der Waals surface area contributed by atoms with E-state index in [9.17, 15) is 4.79 Å². The second kappa shape index (κ2) is 2.97. The molecule has 0 atom stereocenters. The third-order valence-corrected chi connectivity index (χ3v) is 2.20. The van der Waals surface area contributed by atoms with Crippen molar-refractivity contribution in [2.24, 2.45) is 18.5 Å². The third kappa shape index (κ3) is 1.23. The fourth-order valence-corrected chi connectivity index (χ4v) is 1.36. The Morgan fingerprint density at radius 3 is 2.79 bits per heavy atom. The van der Waals surface area contributed by atoms with Gasteiger partial charge in [-0.05, 0) is 17.7 Å². The maximum atomic E-state index is 11.2. The molecule has 0 aliphatic carbocycles. The molecule has 14 heavy (non-hydrogen) atoms. The predicted octanol–water partition coefficient (Wildman–Crippen LogP) is 0.0475. The molecule has 0 fully saturated rings. The molecule has 0 aliphatic rings. The van der Waals surface area contributed by atoms with Crippen molar-refractivity contribution in [3.63, 3.8) is 0 Å². The number of hydrogen-bond donors (Lipinski definition) is 2. The zero-order chi connectivity index (χ0) is 10.3. The first-order valence-corrected chi connectivity index (χ1v) is 4.20. The Morgan fingerprint density at radius 1 is 1.43 bits per heavy atom. The lowest BCUT2D eigenvalue weighted by atomic mass is 10.2. The zero-order valence-corrected chi connectivity index (χ0v) is 7.73. The van der Waals surface area contributed by atoms with E-state index in [0.717, 1.165) is 11.1 Å². The minimum Gasteiger partial charge on any atom is -0.408 e. The number of benzene rings is 1.